The number of carbonyl (C=O) groups is 1. The molecule has 2 aromatic carbocycles. The molecule has 1 heterocycles. The summed E-state index contributed by atoms with van der Waals surface area (Å²) in [5.74, 6) is -0.870. The first-order valence-electron chi connectivity index (χ1n) is 8.60. The van der Waals surface area contributed by atoms with Gasteiger partial charge in [-0.2, -0.15) is 4.31 Å². The number of ether oxygens (including phenoxy) is 1. The highest BCUT2D eigenvalue weighted by atomic mass is 32.2. The number of morpholine rings is 1. The predicted molar refractivity (Wildman–Crippen MR) is 99.5 cm³/mol. The largest absolute Gasteiger partial charge is 0.379 e. The summed E-state index contributed by atoms with van der Waals surface area (Å²) in [5, 5.41) is 2.65. The number of carbonyl (C=O) groups excluding carboxylic acids is 1. The van der Waals surface area contributed by atoms with Crippen LogP contribution in [0.1, 0.15) is 11.1 Å². The van der Waals surface area contributed by atoms with Gasteiger partial charge in [0.15, 0.2) is 0 Å². The molecule has 0 saturated carbocycles. The molecule has 0 aliphatic carbocycles. The Morgan fingerprint density at radius 1 is 1.19 bits per heavy atom. The second kappa shape index (κ2) is 8.16. The number of nitrogens with zero attached hydrogens (tertiary/aromatic N) is 1. The Labute approximate surface area is 158 Å². The Kier molecular flexibility index (Phi) is 5.88. The van der Waals surface area contributed by atoms with Gasteiger partial charge in [0.2, 0.25) is 15.9 Å². The smallest absolute Gasteiger partial charge is 0.243 e. The van der Waals surface area contributed by atoms with E-state index in [1.165, 1.54) is 16.4 Å². The first-order valence-corrected chi connectivity index (χ1v) is 10.0. The lowest BCUT2D eigenvalue weighted by atomic mass is 10.1. The summed E-state index contributed by atoms with van der Waals surface area (Å²) in [6, 6.07) is 10.8. The third kappa shape index (κ3) is 4.52. The molecule has 1 fully saturated rings. The van der Waals surface area contributed by atoms with Crippen LogP contribution in [-0.2, 0) is 26.0 Å². The van der Waals surface area contributed by atoms with Gasteiger partial charge in [-0.05, 0) is 36.2 Å². The maximum atomic E-state index is 13.7. The average Bonchev–Trinajstić information content (AvgIpc) is 2.66. The number of aryl methyl sites for hydroxylation is 1. The Morgan fingerprint density at radius 2 is 1.89 bits per heavy atom. The molecule has 0 bridgehead atoms. The van der Waals surface area contributed by atoms with Crippen LogP contribution in [0.2, 0.25) is 0 Å². The SMILES string of the molecule is Cc1ccc(NC(=O)Cc2ccccc2F)cc1S(=O)(=O)N1CCOCC1. The summed E-state index contributed by atoms with van der Waals surface area (Å²) in [6.07, 6.45) is -0.133. The number of nitrogens with one attached hydrogen (secondary N) is 1. The van der Waals surface area contributed by atoms with E-state index in [0.717, 1.165) is 0 Å². The van der Waals surface area contributed by atoms with Crippen LogP contribution in [0.5, 0.6) is 0 Å². The molecule has 0 unspecified atom stereocenters. The van der Waals surface area contributed by atoms with Crippen molar-refractivity contribution in [2.45, 2.75) is 18.2 Å². The van der Waals surface area contributed by atoms with Crippen molar-refractivity contribution in [3.8, 4) is 0 Å². The molecule has 0 radical (unpaired) electrons. The molecule has 0 atom stereocenters. The molecule has 6 nitrogen and oxygen atoms in total. The van der Waals surface area contributed by atoms with Crippen molar-refractivity contribution in [2.24, 2.45) is 0 Å². The van der Waals surface area contributed by atoms with Gasteiger partial charge in [-0.25, -0.2) is 12.8 Å². The molecule has 1 N–H and O–H groups in total. The van der Waals surface area contributed by atoms with E-state index in [9.17, 15) is 17.6 Å². The Balaban J connectivity index is 1.79. The topological polar surface area (TPSA) is 75.7 Å². The number of sulfonamides is 1. The van der Waals surface area contributed by atoms with Crippen molar-refractivity contribution in [3.63, 3.8) is 0 Å². The van der Waals surface area contributed by atoms with E-state index in [0.29, 0.717) is 37.6 Å². The van der Waals surface area contributed by atoms with E-state index in [-0.39, 0.29) is 16.9 Å². The van der Waals surface area contributed by atoms with Gasteiger partial charge < -0.3 is 10.1 Å². The molecule has 3 rings (SSSR count). The second-order valence-corrected chi connectivity index (χ2v) is 8.22. The zero-order valence-corrected chi connectivity index (χ0v) is 15.8. The molecule has 1 aliphatic rings. The van der Waals surface area contributed by atoms with Crippen molar-refractivity contribution < 1.29 is 22.3 Å². The van der Waals surface area contributed by atoms with Crippen LogP contribution in [0, 0.1) is 12.7 Å². The van der Waals surface area contributed by atoms with E-state index in [2.05, 4.69) is 5.32 Å². The predicted octanol–water partition coefficient (Wildman–Crippen LogP) is 2.34. The van der Waals surface area contributed by atoms with Gasteiger partial charge in [-0.1, -0.05) is 24.3 Å². The molecule has 0 spiro atoms. The standard InChI is InChI=1S/C19H21FN2O4S/c1-14-6-7-16(21-19(23)12-15-4-2-3-5-17(15)20)13-18(14)27(24,25)22-8-10-26-11-9-22/h2-7,13H,8-12H2,1H3,(H,21,23). The number of hydrogen-bond donors (Lipinski definition) is 1. The van der Waals surface area contributed by atoms with Gasteiger partial charge in [0.25, 0.3) is 0 Å². The van der Waals surface area contributed by atoms with Gasteiger partial charge in [0, 0.05) is 18.8 Å². The van der Waals surface area contributed by atoms with Gasteiger partial charge in [-0.3, -0.25) is 4.79 Å². The molecule has 0 aromatic heterocycles. The van der Waals surface area contributed by atoms with Crippen LogP contribution in [0.15, 0.2) is 47.4 Å². The molecular formula is C19H21FN2O4S. The van der Waals surface area contributed by atoms with Crippen LogP contribution in [-0.4, -0.2) is 44.9 Å². The second-order valence-electron chi connectivity index (χ2n) is 6.31. The van der Waals surface area contributed by atoms with Crippen molar-refractivity contribution in [3.05, 3.63) is 59.4 Å². The molecule has 2 aromatic rings. The monoisotopic (exact) mass is 392 g/mol. The number of amides is 1. The minimum atomic E-state index is -3.67. The molecule has 27 heavy (non-hydrogen) atoms. The van der Waals surface area contributed by atoms with E-state index < -0.39 is 21.7 Å². The quantitative estimate of drug-likeness (QED) is 0.848. The third-order valence-electron chi connectivity index (χ3n) is 4.37. The Morgan fingerprint density at radius 3 is 2.59 bits per heavy atom. The third-order valence-corrected chi connectivity index (χ3v) is 6.41. The average molecular weight is 392 g/mol. The van der Waals surface area contributed by atoms with E-state index in [4.69, 9.17) is 4.74 Å². The summed E-state index contributed by atoms with van der Waals surface area (Å²) in [5.41, 5.74) is 1.23. The fourth-order valence-corrected chi connectivity index (χ4v) is 4.56. The van der Waals surface area contributed by atoms with Crippen LogP contribution in [0.3, 0.4) is 0 Å². The van der Waals surface area contributed by atoms with Crippen molar-refractivity contribution >= 4 is 21.6 Å². The van der Waals surface area contributed by atoms with Crippen LogP contribution in [0.25, 0.3) is 0 Å². The van der Waals surface area contributed by atoms with Crippen molar-refractivity contribution in [1.82, 2.24) is 4.31 Å². The molecule has 144 valence electrons. The lowest BCUT2D eigenvalue weighted by Gasteiger charge is -2.26. The Bertz CT molecular complexity index is 940. The fraction of sp³-hybridized carbons (Fsp3) is 0.316. The Hall–Kier alpha value is -2.29. The highest BCUT2D eigenvalue weighted by Crippen LogP contribution is 2.24. The number of hydrogen-bond acceptors (Lipinski definition) is 4. The van der Waals surface area contributed by atoms with Crippen LogP contribution < -0.4 is 5.32 Å². The summed E-state index contributed by atoms with van der Waals surface area (Å²) < 4.78 is 46.1. The van der Waals surface area contributed by atoms with Gasteiger partial charge >= 0.3 is 0 Å². The number of halogens is 1. The summed E-state index contributed by atoms with van der Waals surface area (Å²) in [7, 11) is -3.67. The van der Waals surface area contributed by atoms with E-state index in [1.807, 2.05) is 0 Å². The highest BCUT2D eigenvalue weighted by molar-refractivity contribution is 7.89. The number of benzene rings is 2. The lowest BCUT2D eigenvalue weighted by molar-refractivity contribution is -0.115. The first kappa shape index (κ1) is 19.5. The normalized spacial score (nSPS) is 15.5. The van der Waals surface area contributed by atoms with Crippen LogP contribution >= 0.6 is 0 Å². The minimum Gasteiger partial charge on any atom is -0.379 e. The molecule has 1 amide bonds. The first-order chi connectivity index (χ1) is 12.9. The van der Waals surface area contributed by atoms with Gasteiger partial charge in [0.1, 0.15) is 5.82 Å². The highest BCUT2D eigenvalue weighted by Gasteiger charge is 2.28. The fourth-order valence-electron chi connectivity index (χ4n) is 2.90. The molecular weight excluding hydrogens is 371 g/mol. The zero-order chi connectivity index (χ0) is 19.4. The minimum absolute atomic E-state index is 0.133. The van der Waals surface area contributed by atoms with Gasteiger partial charge in [-0.15, -0.1) is 0 Å². The number of rotatable bonds is 5. The summed E-state index contributed by atoms with van der Waals surface area (Å²) in [6.45, 7) is 3.02. The number of anilines is 1. The zero-order valence-electron chi connectivity index (χ0n) is 14.9. The van der Waals surface area contributed by atoms with Gasteiger partial charge in [0.05, 0.1) is 24.5 Å². The maximum absolute atomic E-state index is 13.7. The van der Waals surface area contributed by atoms with Crippen molar-refractivity contribution in [2.75, 3.05) is 31.6 Å². The van der Waals surface area contributed by atoms with Crippen molar-refractivity contribution in [1.29, 1.82) is 0 Å². The molecule has 1 aliphatic heterocycles. The van der Waals surface area contributed by atoms with E-state index in [1.54, 1.807) is 37.3 Å². The maximum Gasteiger partial charge on any atom is 0.243 e. The molecule has 1 saturated heterocycles. The van der Waals surface area contributed by atoms with Crippen LogP contribution in [0.4, 0.5) is 10.1 Å². The summed E-state index contributed by atoms with van der Waals surface area (Å²) >= 11 is 0. The lowest BCUT2D eigenvalue weighted by Crippen LogP contribution is -2.40. The molecule has 8 heteroatoms. The summed E-state index contributed by atoms with van der Waals surface area (Å²) in [4.78, 5) is 12.4. The van der Waals surface area contributed by atoms with E-state index >= 15 is 0 Å².